The molecule has 3 aromatic rings. The van der Waals surface area contributed by atoms with E-state index in [1.165, 1.54) is 0 Å². The van der Waals surface area contributed by atoms with Crippen LogP contribution in [0.15, 0.2) is 36.5 Å². The maximum atomic E-state index is 11.6. The highest BCUT2D eigenvalue weighted by atomic mass is 16.5. The van der Waals surface area contributed by atoms with Gasteiger partial charge in [-0.05, 0) is 38.1 Å². The Bertz CT molecular complexity index is 926. The monoisotopic (exact) mass is 337 g/mol. The molecule has 0 aliphatic carbocycles. The molecule has 7 heteroatoms. The number of carbonyl (C=O) groups excluding carboxylic acids is 1. The molecular weight excluding hydrogens is 318 g/mol. The summed E-state index contributed by atoms with van der Waals surface area (Å²) in [6.07, 6.45) is 1.69. The predicted octanol–water partition coefficient (Wildman–Crippen LogP) is 3.15. The Hall–Kier alpha value is -3.22. The zero-order chi connectivity index (χ0) is 17.8. The van der Waals surface area contributed by atoms with Crippen LogP contribution in [0.2, 0.25) is 0 Å². The van der Waals surface area contributed by atoms with Crippen molar-refractivity contribution in [2.75, 3.05) is 19.0 Å². The fraction of sp³-hybridized carbons (Fsp3) is 0.222. The Balaban J connectivity index is 2.01. The summed E-state index contributed by atoms with van der Waals surface area (Å²) in [7, 11) is 1.62. The van der Waals surface area contributed by atoms with Gasteiger partial charge in [-0.2, -0.15) is 0 Å². The van der Waals surface area contributed by atoms with E-state index in [1.807, 2.05) is 32.0 Å². The van der Waals surface area contributed by atoms with E-state index in [9.17, 15) is 4.79 Å². The number of benzene rings is 1. The van der Waals surface area contributed by atoms with Crippen LogP contribution in [-0.2, 0) is 0 Å². The van der Waals surface area contributed by atoms with Crippen molar-refractivity contribution in [1.29, 1.82) is 0 Å². The third kappa shape index (κ3) is 3.65. The molecule has 2 N–H and O–H groups in total. The molecule has 3 rings (SSSR count). The van der Waals surface area contributed by atoms with Crippen molar-refractivity contribution in [1.82, 2.24) is 20.3 Å². The summed E-state index contributed by atoms with van der Waals surface area (Å²) in [5, 5.41) is 5.33. The van der Waals surface area contributed by atoms with Crippen molar-refractivity contribution in [3.63, 3.8) is 0 Å². The highest BCUT2D eigenvalue weighted by Crippen LogP contribution is 2.29. The second-order valence-corrected chi connectivity index (χ2v) is 5.48. The molecule has 0 aliphatic heterocycles. The van der Waals surface area contributed by atoms with Gasteiger partial charge in [0, 0.05) is 12.1 Å². The number of anilines is 1. The quantitative estimate of drug-likeness (QED) is 0.763. The molecule has 0 bridgehead atoms. The fourth-order valence-electron chi connectivity index (χ4n) is 2.44. The van der Waals surface area contributed by atoms with Gasteiger partial charge in [-0.1, -0.05) is 11.6 Å². The molecule has 0 saturated heterocycles. The van der Waals surface area contributed by atoms with Crippen LogP contribution in [-0.4, -0.2) is 34.6 Å². The third-order valence-electron chi connectivity index (χ3n) is 3.62. The molecule has 0 saturated carbocycles. The van der Waals surface area contributed by atoms with E-state index in [0.717, 1.165) is 16.9 Å². The van der Waals surface area contributed by atoms with Gasteiger partial charge in [0.15, 0.2) is 5.65 Å². The smallest absolute Gasteiger partial charge is 0.320 e. The number of fused-ring (bicyclic) bond motifs is 1. The summed E-state index contributed by atoms with van der Waals surface area (Å²) in [6.45, 7) is 4.39. The van der Waals surface area contributed by atoms with Crippen LogP contribution >= 0.6 is 0 Å². The molecule has 0 fully saturated rings. The first-order chi connectivity index (χ1) is 12.1. The zero-order valence-electron chi connectivity index (χ0n) is 14.3. The Morgan fingerprint density at radius 2 is 2.04 bits per heavy atom. The van der Waals surface area contributed by atoms with Gasteiger partial charge in [0.05, 0.1) is 19.0 Å². The van der Waals surface area contributed by atoms with E-state index in [4.69, 9.17) is 4.74 Å². The molecule has 0 unspecified atom stereocenters. The number of aryl methyl sites for hydroxylation is 1. The van der Waals surface area contributed by atoms with Gasteiger partial charge in [-0.3, -0.25) is 10.3 Å². The number of nitrogens with one attached hydrogen (secondary N) is 2. The molecule has 2 aromatic heterocycles. The minimum atomic E-state index is -0.307. The summed E-state index contributed by atoms with van der Waals surface area (Å²) in [4.78, 5) is 25.0. The zero-order valence-corrected chi connectivity index (χ0v) is 14.3. The molecule has 0 spiro atoms. The van der Waals surface area contributed by atoms with Crippen LogP contribution < -0.4 is 15.4 Å². The van der Waals surface area contributed by atoms with Gasteiger partial charge in [0.1, 0.15) is 17.1 Å². The van der Waals surface area contributed by atoms with Gasteiger partial charge in [-0.25, -0.2) is 14.8 Å². The number of pyridine rings is 1. The van der Waals surface area contributed by atoms with E-state index in [2.05, 4.69) is 25.6 Å². The Kier molecular flexibility index (Phi) is 4.74. The summed E-state index contributed by atoms with van der Waals surface area (Å²) >= 11 is 0. The van der Waals surface area contributed by atoms with Crippen LogP contribution in [0.5, 0.6) is 5.75 Å². The highest BCUT2D eigenvalue weighted by Gasteiger charge is 2.11. The second-order valence-electron chi connectivity index (χ2n) is 5.48. The molecule has 25 heavy (non-hydrogen) atoms. The van der Waals surface area contributed by atoms with Crippen LogP contribution in [0.1, 0.15) is 12.5 Å². The number of ether oxygens (including phenoxy) is 1. The van der Waals surface area contributed by atoms with Crippen LogP contribution in [0.25, 0.3) is 22.4 Å². The molecule has 128 valence electrons. The lowest BCUT2D eigenvalue weighted by molar-refractivity contribution is 0.252. The number of nitrogens with zero attached hydrogens (tertiary/aromatic N) is 3. The number of hydrogen-bond acceptors (Lipinski definition) is 5. The van der Waals surface area contributed by atoms with Crippen molar-refractivity contribution in [2.24, 2.45) is 0 Å². The van der Waals surface area contributed by atoms with Crippen molar-refractivity contribution < 1.29 is 9.53 Å². The van der Waals surface area contributed by atoms with Crippen molar-refractivity contribution >= 4 is 23.0 Å². The number of hydrogen-bond donors (Lipinski definition) is 2. The van der Waals surface area contributed by atoms with Crippen LogP contribution in [0, 0.1) is 6.92 Å². The van der Waals surface area contributed by atoms with E-state index >= 15 is 0 Å². The molecule has 0 atom stereocenters. The Labute approximate surface area is 145 Å². The number of amides is 2. The summed E-state index contributed by atoms with van der Waals surface area (Å²) < 4.78 is 5.42. The van der Waals surface area contributed by atoms with Gasteiger partial charge >= 0.3 is 6.03 Å². The average Bonchev–Trinajstić information content (AvgIpc) is 2.61. The normalized spacial score (nSPS) is 10.5. The lowest BCUT2D eigenvalue weighted by Gasteiger charge is -2.10. The second kappa shape index (κ2) is 7.12. The largest absolute Gasteiger partial charge is 0.496 e. The topological polar surface area (TPSA) is 89.0 Å². The lowest BCUT2D eigenvalue weighted by Crippen LogP contribution is -2.28. The highest BCUT2D eigenvalue weighted by molar-refractivity contribution is 5.89. The van der Waals surface area contributed by atoms with Crippen molar-refractivity contribution in [2.45, 2.75) is 13.8 Å². The van der Waals surface area contributed by atoms with Crippen molar-refractivity contribution in [3.8, 4) is 17.0 Å². The minimum absolute atomic E-state index is 0.307. The lowest BCUT2D eigenvalue weighted by atomic mass is 10.1. The van der Waals surface area contributed by atoms with Crippen LogP contribution in [0.3, 0.4) is 0 Å². The number of carbonyl (C=O) groups is 1. The van der Waals surface area contributed by atoms with Gasteiger partial charge in [0.25, 0.3) is 0 Å². The fourth-order valence-corrected chi connectivity index (χ4v) is 2.44. The van der Waals surface area contributed by atoms with E-state index < -0.39 is 0 Å². The first kappa shape index (κ1) is 16.6. The molecule has 7 nitrogen and oxygen atoms in total. The third-order valence-corrected chi connectivity index (χ3v) is 3.62. The van der Waals surface area contributed by atoms with Gasteiger partial charge in [-0.15, -0.1) is 0 Å². The maximum Gasteiger partial charge on any atom is 0.320 e. The number of rotatable bonds is 4. The van der Waals surface area contributed by atoms with Gasteiger partial charge in [0.2, 0.25) is 0 Å². The number of methoxy groups -OCH3 is 1. The summed E-state index contributed by atoms with van der Waals surface area (Å²) in [5.74, 6) is 1.14. The minimum Gasteiger partial charge on any atom is -0.496 e. The van der Waals surface area contributed by atoms with E-state index in [0.29, 0.717) is 29.2 Å². The first-order valence-corrected chi connectivity index (χ1v) is 7.94. The predicted molar refractivity (Wildman–Crippen MR) is 96.8 cm³/mol. The van der Waals surface area contributed by atoms with Crippen molar-refractivity contribution in [3.05, 3.63) is 42.1 Å². The number of urea groups is 1. The first-order valence-electron chi connectivity index (χ1n) is 7.94. The Morgan fingerprint density at radius 1 is 1.20 bits per heavy atom. The maximum absolute atomic E-state index is 11.6. The van der Waals surface area contributed by atoms with E-state index in [1.54, 1.807) is 25.4 Å². The summed E-state index contributed by atoms with van der Waals surface area (Å²) in [5.41, 5.74) is 3.71. The average molecular weight is 337 g/mol. The molecule has 0 aliphatic rings. The molecule has 2 heterocycles. The number of aromatic nitrogens is 3. The molecule has 0 radical (unpaired) electrons. The standard InChI is InChI=1S/C18H19N5O2/c1-4-19-18(24)23-16-8-6-13-17(22-16)21-14(10-20-13)12-9-11(2)5-7-15(12)25-3/h5-10H,4H2,1-3H3,(H2,19,21,22,23,24). The van der Waals surface area contributed by atoms with Gasteiger partial charge < -0.3 is 10.1 Å². The SMILES string of the molecule is CCNC(=O)Nc1ccc2ncc(-c3cc(C)ccc3OC)nc2n1. The molecule has 2 amide bonds. The molecular formula is C18H19N5O2. The summed E-state index contributed by atoms with van der Waals surface area (Å²) in [6, 6.07) is 9.03. The van der Waals surface area contributed by atoms with Crippen LogP contribution in [0.4, 0.5) is 10.6 Å². The Morgan fingerprint density at radius 3 is 2.80 bits per heavy atom. The molecule has 1 aromatic carbocycles. The van der Waals surface area contributed by atoms with E-state index in [-0.39, 0.29) is 6.03 Å².